The Hall–Kier alpha value is -2.76. The van der Waals surface area contributed by atoms with E-state index in [0.29, 0.717) is 24.6 Å². The standard InChI is InChI=1S/C18H21N3O3/c1-3-23-17-8-14-7-12(2)24-16(14)9-15(17)21-18(22)20-11-13-5-4-6-19-10-13/h4-6,8-10,12H,3,7,11H2,1-2H3,(H2,20,21,22)/t12-/m1/s1. The van der Waals surface area contributed by atoms with Gasteiger partial charge in [0.05, 0.1) is 12.3 Å². The monoisotopic (exact) mass is 327 g/mol. The Bertz CT molecular complexity index is 719. The van der Waals surface area contributed by atoms with E-state index in [1.165, 1.54) is 0 Å². The fraction of sp³-hybridized carbons (Fsp3) is 0.333. The molecule has 3 rings (SSSR count). The van der Waals surface area contributed by atoms with Gasteiger partial charge in [0.15, 0.2) is 0 Å². The van der Waals surface area contributed by atoms with E-state index in [1.807, 2.05) is 38.1 Å². The summed E-state index contributed by atoms with van der Waals surface area (Å²) in [5.41, 5.74) is 2.64. The number of ether oxygens (including phenoxy) is 2. The third kappa shape index (κ3) is 3.76. The second kappa shape index (κ2) is 7.21. The van der Waals surface area contributed by atoms with Crippen molar-refractivity contribution >= 4 is 11.7 Å². The van der Waals surface area contributed by atoms with Crippen LogP contribution in [0.25, 0.3) is 0 Å². The van der Waals surface area contributed by atoms with Crippen molar-refractivity contribution in [1.29, 1.82) is 0 Å². The molecule has 0 saturated heterocycles. The molecule has 2 heterocycles. The first-order valence-corrected chi connectivity index (χ1v) is 8.06. The van der Waals surface area contributed by atoms with Crippen LogP contribution in [-0.2, 0) is 13.0 Å². The van der Waals surface area contributed by atoms with Gasteiger partial charge in [0, 0.05) is 37.0 Å². The number of rotatable bonds is 5. The molecule has 2 amide bonds. The van der Waals surface area contributed by atoms with Gasteiger partial charge in [-0.3, -0.25) is 4.98 Å². The number of hydrogen-bond donors (Lipinski definition) is 2. The molecule has 1 aliphatic heterocycles. The van der Waals surface area contributed by atoms with Crippen molar-refractivity contribution in [2.75, 3.05) is 11.9 Å². The molecule has 24 heavy (non-hydrogen) atoms. The van der Waals surface area contributed by atoms with Crippen LogP contribution < -0.4 is 20.1 Å². The molecule has 1 aromatic heterocycles. The zero-order chi connectivity index (χ0) is 16.9. The molecule has 0 aliphatic carbocycles. The van der Waals surface area contributed by atoms with Crippen molar-refractivity contribution in [3.8, 4) is 11.5 Å². The smallest absolute Gasteiger partial charge is 0.319 e. The first-order chi connectivity index (χ1) is 11.7. The number of fused-ring (bicyclic) bond motifs is 1. The molecule has 0 saturated carbocycles. The molecular weight excluding hydrogens is 306 g/mol. The largest absolute Gasteiger partial charge is 0.492 e. The summed E-state index contributed by atoms with van der Waals surface area (Å²) in [5, 5.41) is 5.64. The molecule has 6 heteroatoms. The number of nitrogens with zero attached hydrogens (tertiary/aromatic N) is 1. The fourth-order valence-corrected chi connectivity index (χ4v) is 2.66. The summed E-state index contributed by atoms with van der Waals surface area (Å²) in [4.78, 5) is 16.2. The number of amides is 2. The zero-order valence-corrected chi connectivity index (χ0v) is 13.8. The third-order valence-corrected chi connectivity index (χ3v) is 3.72. The van der Waals surface area contributed by atoms with Crippen molar-refractivity contribution in [3.63, 3.8) is 0 Å². The van der Waals surface area contributed by atoms with E-state index in [-0.39, 0.29) is 12.1 Å². The Morgan fingerprint density at radius 2 is 2.33 bits per heavy atom. The van der Waals surface area contributed by atoms with E-state index in [2.05, 4.69) is 15.6 Å². The Labute approximate surface area is 141 Å². The van der Waals surface area contributed by atoms with Gasteiger partial charge in [-0.25, -0.2) is 4.79 Å². The maximum absolute atomic E-state index is 12.2. The molecule has 0 unspecified atom stereocenters. The Morgan fingerprint density at radius 3 is 3.08 bits per heavy atom. The van der Waals surface area contributed by atoms with Crippen LogP contribution in [0.2, 0.25) is 0 Å². The summed E-state index contributed by atoms with van der Waals surface area (Å²) >= 11 is 0. The topological polar surface area (TPSA) is 72.5 Å². The van der Waals surface area contributed by atoms with E-state index in [0.717, 1.165) is 23.3 Å². The van der Waals surface area contributed by atoms with Crippen LogP contribution >= 0.6 is 0 Å². The normalized spacial score (nSPS) is 15.3. The van der Waals surface area contributed by atoms with E-state index in [1.54, 1.807) is 12.4 Å². The molecule has 0 bridgehead atoms. The Balaban J connectivity index is 1.69. The molecule has 126 valence electrons. The number of pyridine rings is 1. The number of nitrogens with one attached hydrogen (secondary N) is 2. The second-order valence-corrected chi connectivity index (χ2v) is 5.69. The first kappa shape index (κ1) is 16.1. The molecule has 2 aromatic rings. The van der Waals surface area contributed by atoms with E-state index in [9.17, 15) is 4.79 Å². The Morgan fingerprint density at radius 1 is 1.46 bits per heavy atom. The number of urea groups is 1. The van der Waals surface area contributed by atoms with Crippen LogP contribution in [0.5, 0.6) is 11.5 Å². The fourth-order valence-electron chi connectivity index (χ4n) is 2.66. The average Bonchev–Trinajstić information content (AvgIpc) is 2.93. The molecule has 1 atom stereocenters. The van der Waals surface area contributed by atoms with Crippen LogP contribution in [0.1, 0.15) is 25.0 Å². The zero-order valence-electron chi connectivity index (χ0n) is 13.8. The third-order valence-electron chi connectivity index (χ3n) is 3.72. The highest BCUT2D eigenvalue weighted by molar-refractivity contribution is 5.91. The summed E-state index contributed by atoms with van der Waals surface area (Å²) in [5.74, 6) is 1.46. The van der Waals surface area contributed by atoms with E-state index >= 15 is 0 Å². The first-order valence-electron chi connectivity index (χ1n) is 8.06. The Kier molecular flexibility index (Phi) is 4.84. The van der Waals surface area contributed by atoms with Crippen molar-refractivity contribution < 1.29 is 14.3 Å². The predicted octanol–water partition coefficient (Wildman–Crippen LogP) is 3.13. The van der Waals surface area contributed by atoms with Gasteiger partial charge in [-0.05, 0) is 31.5 Å². The van der Waals surface area contributed by atoms with Gasteiger partial charge >= 0.3 is 6.03 Å². The van der Waals surface area contributed by atoms with E-state index < -0.39 is 0 Å². The van der Waals surface area contributed by atoms with Crippen molar-refractivity contribution in [1.82, 2.24) is 10.3 Å². The van der Waals surface area contributed by atoms with Gasteiger partial charge in [-0.1, -0.05) is 6.07 Å². The maximum Gasteiger partial charge on any atom is 0.319 e. The number of benzene rings is 1. The van der Waals surface area contributed by atoms with Crippen LogP contribution in [0.3, 0.4) is 0 Å². The number of carbonyl (C=O) groups is 1. The average molecular weight is 327 g/mol. The lowest BCUT2D eigenvalue weighted by Crippen LogP contribution is -2.28. The minimum absolute atomic E-state index is 0.143. The summed E-state index contributed by atoms with van der Waals surface area (Å²) < 4.78 is 11.4. The van der Waals surface area contributed by atoms with Gasteiger partial charge in [0.1, 0.15) is 17.6 Å². The molecule has 0 radical (unpaired) electrons. The minimum atomic E-state index is -0.300. The van der Waals surface area contributed by atoms with Crippen LogP contribution in [-0.4, -0.2) is 23.7 Å². The van der Waals surface area contributed by atoms with Crippen LogP contribution in [0, 0.1) is 0 Å². The number of carbonyl (C=O) groups excluding carboxylic acids is 1. The molecule has 0 fully saturated rings. The van der Waals surface area contributed by atoms with Crippen molar-refractivity contribution in [2.45, 2.75) is 32.9 Å². The number of anilines is 1. The highest BCUT2D eigenvalue weighted by Gasteiger charge is 2.22. The molecular formula is C18H21N3O3. The minimum Gasteiger partial charge on any atom is -0.492 e. The lowest BCUT2D eigenvalue weighted by atomic mass is 10.1. The highest BCUT2D eigenvalue weighted by atomic mass is 16.5. The lowest BCUT2D eigenvalue weighted by molar-refractivity contribution is 0.251. The summed E-state index contributed by atoms with van der Waals surface area (Å²) in [6, 6.07) is 7.21. The van der Waals surface area contributed by atoms with Gasteiger partial charge < -0.3 is 20.1 Å². The molecule has 1 aromatic carbocycles. The molecule has 0 spiro atoms. The second-order valence-electron chi connectivity index (χ2n) is 5.69. The van der Waals surface area contributed by atoms with Crippen LogP contribution in [0.15, 0.2) is 36.7 Å². The van der Waals surface area contributed by atoms with Gasteiger partial charge in [-0.2, -0.15) is 0 Å². The quantitative estimate of drug-likeness (QED) is 0.885. The maximum atomic E-state index is 12.2. The van der Waals surface area contributed by atoms with Crippen molar-refractivity contribution in [3.05, 3.63) is 47.8 Å². The van der Waals surface area contributed by atoms with E-state index in [4.69, 9.17) is 9.47 Å². The van der Waals surface area contributed by atoms with Crippen LogP contribution in [0.4, 0.5) is 10.5 Å². The number of aromatic nitrogens is 1. The molecule has 2 N–H and O–H groups in total. The summed E-state index contributed by atoms with van der Waals surface area (Å²) in [7, 11) is 0. The number of hydrogen-bond acceptors (Lipinski definition) is 4. The lowest BCUT2D eigenvalue weighted by Gasteiger charge is -2.14. The van der Waals surface area contributed by atoms with Crippen molar-refractivity contribution in [2.24, 2.45) is 0 Å². The summed E-state index contributed by atoms with van der Waals surface area (Å²) in [6.45, 7) is 4.87. The SMILES string of the molecule is CCOc1cc2c(cc1NC(=O)NCc1cccnc1)O[C@H](C)C2. The highest BCUT2D eigenvalue weighted by Crippen LogP contribution is 2.37. The predicted molar refractivity (Wildman–Crippen MR) is 91.5 cm³/mol. The van der Waals surface area contributed by atoms with Gasteiger partial charge in [-0.15, -0.1) is 0 Å². The molecule has 1 aliphatic rings. The molecule has 6 nitrogen and oxygen atoms in total. The summed E-state index contributed by atoms with van der Waals surface area (Å²) in [6.07, 6.45) is 4.41. The van der Waals surface area contributed by atoms with Gasteiger partial charge in [0.2, 0.25) is 0 Å². The van der Waals surface area contributed by atoms with Gasteiger partial charge in [0.25, 0.3) is 0 Å².